The number of thiophene rings is 1. The van der Waals surface area contributed by atoms with E-state index >= 15 is 0 Å². The Morgan fingerprint density at radius 2 is 2.04 bits per heavy atom. The average molecular weight is 363 g/mol. The molecule has 24 heavy (non-hydrogen) atoms. The van der Waals surface area contributed by atoms with Crippen LogP contribution in [0.3, 0.4) is 0 Å². The normalized spacial score (nSPS) is 24.6. The number of benzene rings is 1. The number of fused-ring (bicyclic) bond motifs is 3. The van der Waals surface area contributed by atoms with Crippen LogP contribution in [0.1, 0.15) is 30.0 Å². The van der Waals surface area contributed by atoms with Crippen LogP contribution in [0.15, 0.2) is 46.0 Å². The van der Waals surface area contributed by atoms with Crippen molar-refractivity contribution in [3.8, 4) is 0 Å². The van der Waals surface area contributed by atoms with Gasteiger partial charge in [0.15, 0.2) is 0 Å². The minimum atomic E-state index is -3.39. The smallest absolute Gasteiger partial charge is 0.243 e. The van der Waals surface area contributed by atoms with E-state index in [4.69, 9.17) is 0 Å². The van der Waals surface area contributed by atoms with Gasteiger partial charge in [-0.25, -0.2) is 8.42 Å². The number of hydrogen-bond donors (Lipinski definition) is 0. The van der Waals surface area contributed by atoms with E-state index in [0.717, 1.165) is 32.4 Å². The summed E-state index contributed by atoms with van der Waals surface area (Å²) in [6.07, 6.45) is 2.87. The molecular weight excluding hydrogens is 340 g/mol. The van der Waals surface area contributed by atoms with Gasteiger partial charge in [0.1, 0.15) is 0 Å². The highest BCUT2D eigenvalue weighted by Crippen LogP contribution is 2.38. The number of rotatable bonds is 3. The molecule has 1 aromatic heterocycles. The zero-order chi connectivity index (χ0) is 16.7. The molecule has 2 aromatic rings. The third kappa shape index (κ3) is 2.71. The minimum Gasteiger partial charge on any atom is -0.296 e. The fourth-order valence-electron chi connectivity index (χ4n) is 4.03. The van der Waals surface area contributed by atoms with Crippen molar-refractivity contribution < 1.29 is 8.42 Å². The van der Waals surface area contributed by atoms with Gasteiger partial charge in [-0.2, -0.15) is 15.6 Å². The van der Waals surface area contributed by atoms with Crippen molar-refractivity contribution in [2.45, 2.75) is 36.2 Å². The topological polar surface area (TPSA) is 40.6 Å². The van der Waals surface area contributed by atoms with Crippen LogP contribution < -0.4 is 0 Å². The van der Waals surface area contributed by atoms with Crippen molar-refractivity contribution in [1.82, 2.24) is 9.21 Å². The van der Waals surface area contributed by atoms with Crippen molar-refractivity contribution in [1.29, 1.82) is 0 Å². The maximum absolute atomic E-state index is 12.8. The molecule has 0 saturated carbocycles. The molecule has 2 atom stereocenters. The van der Waals surface area contributed by atoms with Crippen LogP contribution >= 0.6 is 11.3 Å². The Kier molecular flexibility index (Phi) is 4.24. The van der Waals surface area contributed by atoms with Gasteiger partial charge >= 0.3 is 0 Å². The van der Waals surface area contributed by atoms with Gasteiger partial charge in [0.25, 0.3) is 0 Å². The largest absolute Gasteiger partial charge is 0.296 e. The Labute approximate surface area is 147 Å². The molecular formula is C18H22N2O2S2. The third-order valence-electron chi connectivity index (χ3n) is 5.45. The third-order valence-corrected chi connectivity index (χ3v) is 8.19. The molecule has 0 aliphatic carbocycles. The molecule has 6 heteroatoms. The molecule has 1 fully saturated rings. The second kappa shape index (κ2) is 6.26. The second-order valence-corrected chi connectivity index (χ2v) is 9.44. The molecule has 128 valence electrons. The molecule has 1 saturated heterocycles. The van der Waals surface area contributed by atoms with E-state index in [1.165, 1.54) is 22.5 Å². The predicted molar refractivity (Wildman–Crippen MR) is 96.7 cm³/mol. The summed E-state index contributed by atoms with van der Waals surface area (Å²) in [7, 11) is -1.65. The summed E-state index contributed by atoms with van der Waals surface area (Å²) in [6, 6.07) is 10.7. The molecule has 0 bridgehead atoms. The van der Waals surface area contributed by atoms with E-state index in [1.54, 1.807) is 22.8 Å². The van der Waals surface area contributed by atoms with Gasteiger partial charge in [0.05, 0.1) is 4.90 Å². The zero-order valence-corrected chi connectivity index (χ0v) is 15.4. The van der Waals surface area contributed by atoms with Crippen LogP contribution in [0.4, 0.5) is 0 Å². The number of piperidine rings is 1. The van der Waals surface area contributed by atoms with E-state index in [1.807, 2.05) is 5.38 Å². The Morgan fingerprint density at radius 1 is 1.21 bits per heavy atom. The van der Waals surface area contributed by atoms with E-state index in [0.29, 0.717) is 10.9 Å². The second-order valence-electron chi connectivity index (χ2n) is 6.66. The van der Waals surface area contributed by atoms with Gasteiger partial charge in [0, 0.05) is 37.6 Å². The van der Waals surface area contributed by atoms with Gasteiger partial charge < -0.3 is 0 Å². The van der Waals surface area contributed by atoms with Crippen molar-refractivity contribution in [3.63, 3.8) is 0 Å². The molecule has 1 aromatic carbocycles. The lowest BCUT2D eigenvalue weighted by molar-refractivity contribution is 0.0969. The molecule has 0 radical (unpaired) electrons. The van der Waals surface area contributed by atoms with E-state index in [2.05, 4.69) is 29.2 Å². The summed E-state index contributed by atoms with van der Waals surface area (Å²) < 4.78 is 27.2. The summed E-state index contributed by atoms with van der Waals surface area (Å²) in [5.41, 5.74) is 2.80. The highest BCUT2D eigenvalue weighted by Gasteiger charge is 2.38. The fraction of sp³-hybridized carbons (Fsp3) is 0.444. The quantitative estimate of drug-likeness (QED) is 0.842. The van der Waals surface area contributed by atoms with Crippen LogP contribution in [-0.4, -0.2) is 43.8 Å². The minimum absolute atomic E-state index is 0.0577. The Hall–Kier alpha value is -1.21. The molecule has 3 heterocycles. The summed E-state index contributed by atoms with van der Waals surface area (Å²) in [5.74, 6) is 0. The predicted octanol–water partition coefficient (Wildman–Crippen LogP) is 3.13. The highest BCUT2D eigenvalue weighted by atomic mass is 32.2. The van der Waals surface area contributed by atoms with Gasteiger partial charge in [0.2, 0.25) is 10.0 Å². The van der Waals surface area contributed by atoms with Gasteiger partial charge in [-0.05, 0) is 41.8 Å². The molecule has 2 aliphatic rings. The molecule has 0 amide bonds. The molecule has 0 unspecified atom stereocenters. The van der Waals surface area contributed by atoms with Crippen LogP contribution in [0.25, 0.3) is 0 Å². The van der Waals surface area contributed by atoms with Crippen LogP contribution in [0.5, 0.6) is 0 Å². The molecule has 0 spiro atoms. The summed E-state index contributed by atoms with van der Waals surface area (Å²) in [4.78, 5) is 2.94. The molecule has 4 rings (SSSR count). The van der Waals surface area contributed by atoms with E-state index in [-0.39, 0.29) is 6.04 Å². The van der Waals surface area contributed by atoms with Gasteiger partial charge in [-0.15, -0.1) is 0 Å². The summed E-state index contributed by atoms with van der Waals surface area (Å²) >= 11 is 1.43. The lowest BCUT2D eigenvalue weighted by Gasteiger charge is -2.45. The average Bonchev–Trinajstić information content (AvgIpc) is 3.16. The van der Waals surface area contributed by atoms with Gasteiger partial charge in [-0.1, -0.05) is 24.3 Å². The fourth-order valence-corrected chi connectivity index (χ4v) is 6.44. The summed E-state index contributed by atoms with van der Waals surface area (Å²) in [5, 5.41) is 3.54. The van der Waals surface area contributed by atoms with E-state index in [9.17, 15) is 8.42 Å². The first-order valence-corrected chi connectivity index (χ1v) is 10.8. The van der Waals surface area contributed by atoms with Crippen LogP contribution in [-0.2, 0) is 16.4 Å². The standard InChI is InChI=1S/C18H22N2O2S2/c1-19(24(21,22)16-8-11-23-13-16)15-7-10-20-9-6-14-4-2-3-5-17(14)18(20)12-15/h2-5,8,11,13,15,18H,6-7,9-10,12H2,1H3/t15-,18+/m1/s1. The number of nitrogens with zero attached hydrogens (tertiary/aromatic N) is 2. The zero-order valence-electron chi connectivity index (χ0n) is 13.8. The van der Waals surface area contributed by atoms with Crippen molar-refractivity contribution in [2.24, 2.45) is 0 Å². The molecule has 0 N–H and O–H groups in total. The highest BCUT2D eigenvalue weighted by molar-refractivity contribution is 7.89. The first kappa shape index (κ1) is 16.3. The lowest BCUT2D eigenvalue weighted by atomic mass is 9.85. The first-order valence-electron chi connectivity index (χ1n) is 8.39. The maximum atomic E-state index is 12.8. The van der Waals surface area contributed by atoms with Crippen molar-refractivity contribution in [2.75, 3.05) is 20.1 Å². The SMILES string of the molecule is CN([C@@H]1CCN2CCc3ccccc3[C@@H]2C1)S(=O)(=O)c1ccsc1. The van der Waals surface area contributed by atoms with E-state index < -0.39 is 10.0 Å². The van der Waals surface area contributed by atoms with Crippen molar-refractivity contribution in [3.05, 3.63) is 52.2 Å². The van der Waals surface area contributed by atoms with Crippen molar-refractivity contribution >= 4 is 21.4 Å². The molecule has 2 aliphatic heterocycles. The molecule has 4 nitrogen and oxygen atoms in total. The number of sulfonamides is 1. The Bertz CT molecular complexity index is 817. The van der Waals surface area contributed by atoms with Crippen LogP contribution in [0.2, 0.25) is 0 Å². The Morgan fingerprint density at radius 3 is 2.83 bits per heavy atom. The number of hydrogen-bond acceptors (Lipinski definition) is 4. The first-order chi connectivity index (χ1) is 11.6. The van der Waals surface area contributed by atoms with Crippen LogP contribution in [0, 0.1) is 0 Å². The monoisotopic (exact) mass is 362 g/mol. The lowest BCUT2D eigenvalue weighted by Crippen LogP contribution is -2.48. The van der Waals surface area contributed by atoms with Gasteiger partial charge in [-0.3, -0.25) is 4.90 Å². The Balaban J connectivity index is 1.59. The maximum Gasteiger partial charge on any atom is 0.243 e. The summed E-state index contributed by atoms with van der Waals surface area (Å²) in [6.45, 7) is 2.04.